The molecule has 5 heteroatoms. The summed E-state index contributed by atoms with van der Waals surface area (Å²) in [5, 5.41) is 7.75. The number of nitrogens with two attached hydrogens (primary N) is 1. The van der Waals surface area contributed by atoms with Crippen LogP contribution in [-0.2, 0) is 26.4 Å². The first-order valence-electron chi connectivity index (χ1n) is 8.13. The molecule has 0 unspecified atom stereocenters. The summed E-state index contributed by atoms with van der Waals surface area (Å²) < 4.78 is 1.96. The van der Waals surface area contributed by atoms with Crippen LogP contribution in [0, 0.1) is 13.8 Å². The van der Waals surface area contributed by atoms with Gasteiger partial charge in [0, 0.05) is 24.0 Å². The molecule has 1 heterocycles. The molecule has 23 heavy (non-hydrogen) atoms. The van der Waals surface area contributed by atoms with Gasteiger partial charge in [0.1, 0.15) is 0 Å². The Kier molecular flexibility index (Phi) is 5.42. The molecule has 1 aromatic carbocycles. The number of benzene rings is 1. The lowest BCUT2D eigenvalue weighted by molar-refractivity contribution is 0.703. The molecule has 0 bridgehead atoms. The Labute approximate surface area is 138 Å². The molecule has 0 aliphatic rings. The fourth-order valence-corrected chi connectivity index (χ4v) is 2.97. The van der Waals surface area contributed by atoms with E-state index in [9.17, 15) is 0 Å². The van der Waals surface area contributed by atoms with Gasteiger partial charge in [-0.15, -0.1) is 0 Å². The van der Waals surface area contributed by atoms with Crippen LogP contribution in [-0.4, -0.2) is 15.7 Å². The van der Waals surface area contributed by atoms with E-state index in [1.165, 1.54) is 22.4 Å². The Morgan fingerprint density at radius 2 is 1.83 bits per heavy atom. The Morgan fingerprint density at radius 1 is 1.17 bits per heavy atom. The van der Waals surface area contributed by atoms with Crippen molar-refractivity contribution >= 4 is 11.6 Å². The van der Waals surface area contributed by atoms with Crippen molar-refractivity contribution in [2.24, 2.45) is 17.8 Å². The third kappa shape index (κ3) is 4.12. The Bertz CT molecular complexity index is 692. The number of rotatable bonds is 5. The van der Waals surface area contributed by atoms with E-state index < -0.39 is 0 Å². The van der Waals surface area contributed by atoms with Crippen molar-refractivity contribution in [2.75, 3.05) is 5.32 Å². The molecule has 0 atom stereocenters. The number of nitrogens with zero attached hydrogens (tertiary/aromatic N) is 3. The third-order valence-electron chi connectivity index (χ3n) is 3.93. The van der Waals surface area contributed by atoms with E-state index in [-0.39, 0.29) is 0 Å². The Balaban J connectivity index is 2.16. The quantitative estimate of drug-likeness (QED) is 0.658. The van der Waals surface area contributed by atoms with Crippen molar-refractivity contribution in [3.63, 3.8) is 0 Å². The standard InChI is InChI=1S/C18H27N5/c1-6-16-15(17(7-2)23(5)22-16)11-20-18(19)21-14-9-12(3)8-13(4)10-14/h8-10H,6-7,11H2,1-5H3,(H3,19,20,21). The number of hydrogen-bond donors (Lipinski definition) is 2. The van der Waals surface area contributed by atoms with Crippen LogP contribution in [0.15, 0.2) is 23.2 Å². The lowest BCUT2D eigenvalue weighted by Crippen LogP contribution is -2.22. The zero-order valence-electron chi connectivity index (χ0n) is 14.8. The molecular formula is C18H27N5. The summed E-state index contributed by atoms with van der Waals surface area (Å²) in [7, 11) is 1.99. The van der Waals surface area contributed by atoms with E-state index in [0.29, 0.717) is 12.5 Å². The summed E-state index contributed by atoms with van der Waals surface area (Å²) in [6.45, 7) is 8.96. The number of anilines is 1. The molecule has 0 saturated carbocycles. The Morgan fingerprint density at radius 3 is 2.39 bits per heavy atom. The van der Waals surface area contributed by atoms with E-state index in [0.717, 1.165) is 24.2 Å². The van der Waals surface area contributed by atoms with E-state index in [4.69, 9.17) is 5.73 Å². The van der Waals surface area contributed by atoms with Crippen LogP contribution < -0.4 is 11.1 Å². The molecule has 124 valence electrons. The molecular weight excluding hydrogens is 286 g/mol. The van der Waals surface area contributed by atoms with Gasteiger partial charge in [-0.25, -0.2) is 4.99 Å². The molecule has 2 aromatic rings. The van der Waals surface area contributed by atoms with Crippen molar-refractivity contribution < 1.29 is 0 Å². The summed E-state index contributed by atoms with van der Waals surface area (Å²) in [6.07, 6.45) is 1.85. The van der Waals surface area contributed by atoms with Crippen molar-refractivity contribution in [1.29, 1.82) is 0 Å². The molecule has 1 aromatic heterocycles. The lowest BCUT2D eigenvalue weighted by atomic mass is 10.1. The molecule has 0 fully saturated rings. The zero-order chi connectivity index (χ0) is 17.0. The fourth-order valence-electron chi connectivity index (χ4n) is 2.97. The minimum absolute atomic E-state index is 0.433. The van der Waals surface area contributed by atoms with Crippen molar-refractivity contribution in [3.05, 3.63) is 46.3 Å². The minimum Gasteiger partial charge on any atom is -0.370 e. The SMILES string of the molecule is CCc1nn(C)c(CC)c1CN=C(N)Nc1cc(C)cc(C)c1. The molecule has 0 amide bonds. The van der Waals surface area contributed by atoms with Crippen LogP contribution in [0.1, 0.15) is 41.9 Å². The highest BCUT2D eigenvalue weighted by atomic mass is 15.3. The van der Waals surface area contributed by atoms with Crippen molar-refractivity contribution in [2.45, 2.75) is 47.1 Å². The fraction of sp³-hybridized carbons (Fsp3) is 0.444. The maximum Gasteiger partial charge on any atom is 0.193 e. The Hall–Kier alpha value is -2.30. The van der Waals surface area contributed by atoms with Gasteiger partial charge in [-0.2, -0.15) is 5.10 Å². The number of aromatic nitrogens is 2. The van der Waals surface area contributed by atoms with E-state index in [2.05, 4.69) is 61.3 Å². The third-order valence-corrected chi connectivity index (χ3v) is 3.93. The van der Waals surface area contributed by atoms with Gasteiger partial charge in [0.15, 0.2) is 5.96 Å². The van der Waals surface area contributed by atoms with Gasteiger partial charge < -0.3 is 11.1 Å². The maximum absolute atomic E-state index is 6.06. The van der Waals surface area contributed by atoms with Crippen molar-refractivity contribution in [3.8, 4) is 0 Å². The summed E-state index contributed by atoms with van der Waals surface area (Å²) in [5.41, 5.74) is 13.0. The number of hydrogen-bond acceptors (Lipinski definition) is 2. The topological polar surface area (TPSA) is 68.2 Å². The average Bonchev–Trinajstić information content (AvgIpc) is 2.79. The first-order valence-corrected chi connectivity index (χ1v) is 8.13. The minimum atomic E-state index is 0.433. The molecule has 2 rings (SSSR count). The second kappa shape index (κ2) is 7.31. The van der Waals surface area contributed by atoms with Gasteiger partial charge in [-0.3, -0.25) is 4.68 Å². The molecule has 0 radical (unpaired) electrons. The summed E-state index contributed by atoms with van der Waals surface area (Å²) in [6, 6.07) is 6.26. The number of guanidine groups is 1. The summed E-state index contributed by atoms with van der Waals surface area (Å²) >= 11 is 0. The maximum atomic E-state index is 6.06. The van der Waals surface area contributed by atoms with Gasteiger partial charge >= 0.3 is 0 Å². The predicted molar refractivity (Wildman–Crippen MR) is 96.8 cm³/mol. The molecule has 0 aliphatic heterocycles. The average molecular weight is 313 g/mol. The molecule has 0 spiro atoms. The van der Waals surface area contributed by atoms with E-state index >= 15 is 0 Å². The van der Waals surface area contributed by atoms with Gasteiger partial charge in [-0.1, -0.05) is 19.9 Å². The van der Waals surface area contributed by atoms with Crippen LogP contribution in [0.5, 0.6) is 0 Å². The van der Waals surface area contributed by atoms with Gasteiger partial charge in [0.2, 0.25) is 0 Å². The molecule has 0 aliphatic carbocycles. The summed E-state index contributed by atoms with van der Waals surface area (Å²) in [5.74, 6) is 0.433. The predicted octanol–water partition coefficient (Wildman–Crippen LogP) is 3.09. The van der Waals surface area contributed by atoms with Gasteiger partial charge in [0.05, 0.1) is 12.2 Å². The second-order valence-electron chi connectivity index (χ2n) is 5.91. The number of nitrogens with one attached hydrogen (secondary N) is 1. The van der Waals surface area contributed by atoms with Crippen LogP contribution in [0.3, 0.4) is 0 Å². The van der Waals surface area contributed by atoms with Crippen LogP contribution in [0.25, 0.3) is 0 Å². The second-order valence-corrected chi connectivity index (χ2v) is 5.91. The summed E-state index contributed by atoms with van der Waals surface area (Å²) in [4.78, 5) is 4.51. The largest absolute Gasteiger partial charge is 0.370 e. The van der Waals surface area contributed by atoms with Crippen LogP contribution in [0.4, 0.5) is 5.69 Å². The van der Waals surface area contributed by atoms with Crippen LogP contribution >= 0.6 is 0 Å². The van der Waals surface area contributed by atoms with E-state index in [1.807, 2.05) is 11.7 Å². The first-order chi connectivity index (χ1) is 10.9. The smallest absolute Gasteiger partial charge is 0.193 e. The highest BCUT2D eigenvalue weighted by Gasteiger charge is 2.13. The molecule has 5 nitrogen and oxygen atoms in total. The highest BCUT2D eigenvalue weighted by Crippen LogP contribution is 2.17. The van der Waals surface area contributed by atoms with Gasteiger partial charge in [0.25, 0.3) is 0 Å². The molecule has 3 N–H and O–H groups in total. The lowest BCUT2D eigenvalue weighted by Gasteiger charge is -2.08. The first kappa shape index (κ1) is 17.1. The highest BCUT2D eigenvalue weighted by molar-refractivity contribution is 5.92. The molecule has 0 saturated heterocycles. The zero-order valence-corrected chi connectivity index (χ0v) is 14.8. The van der Waals surface area contributed by atoms with Gasteiger partial charge in [-0.05, 0) is 49.9 Å². The van der Waals surface area contributed by atoms with Crippen LogP contribution in [0.2, 0.25) is 0 Å². The van der Waals surface area contributed by atoms with E-state index in [1.54, 1.807) is 0 Å². The normalized spacial score (nSPS) is 11.8. The number of aliphatic imine (C=N–C) groups is 1. The van der Waals surface area contributed by atoms with Crippen molar-refractivity contribution in [1.82, 2.24) is 9.78 Å². The monoisotopic (exact) mass is 313 g/mol. The number of aryl methyl sites for hydroxylation is 4.